The average molecular weight is 241 g/mol. The second kappa shape index (κ2) is 3.84. The lowest BCUT2D eigenvalue weighted by molar-refractivity contribution is 0.0481. The summed E-state index contributed by atoms with van der Waals surface area (Å²) < 4.78 is 0. The molecule has 0 aliphatic carbocycles. The quantitative estimate of drug-likeness (QED) is 0.820. The number of aromatic carboxylic acids is 1. The molecule has 2 N–H and O–H groups in total. The van der Waals surface area contributed by atoms with E-state index in [-0.39, 0.29) is 11.6 Å². The first kappa shape index (κ1) is 11.6. The maximum Gasteiger partial charge on any atom is 0.336 e. The van der Waals surface area contributed by atoms with Crippen molar-refractivity contribution in [1.29, 1.82) is 0 Å². The van der Waals surface area contributed by atoms with Crippen LogP contribution in [-0.2, 0) is 5.60 Å². The van der Waals surface area contributed by atoms with Crippen molar-refractivity contribution < 1.29 is 15.0 Å². The molecule has 1 aromatic rings. The minimum Gasteiger partial charge on any atom is -0.478 e. The van der Waals surface area contributed by atoms with Crippen molar-refractivity contribution in [2.24, 2.45) is 0 Å². The van der Waals surface area contributed by atoms with Gasteiger partial charge in [-0.2, -0.15) is 0 Å². The summed E-state index contributed by atoms with van der Waals surface area (Å²) in [5.74, 6) is -0.966. The van der Waals surface area contributed by atoms with Crippen molar-refractivity contribution in [1.82, 2.24) is 4.90 Å². The zero-order valence-electron chi connectivity index (χ0n) is 9.30. The molecule has 4 nitrogen and oxygen atoms in total. The molecule has 88 valence electrons. The second-order valence-corrected chi connectivity index (χ2v) is 5.38. The van der Waals surface area contributed by atoms with E-state index in [9.17, 15) is 9.90 Å². The van der Waals surface area contributed by atoms with Gasteiger partial charge in [-0.25, -0.2) is 4.79 Å². The fourth-order valence-corrected chi connectivity index (χ4v) is 3.27. The molecule has 1 aliphatic rings. The van der Waals surface area contributed by atoms with Crippen molar-refractivity contribution >= 4 is 17.3 Å². The minimum absolute atomic E-state index is 0.231. The van der Waals surface area contributed by atoms with Gasteiger partial charge in [-0.05, 0) is 31.8 Å². The number of rotatable bonds is 2. The minimum atomic E-state index is -1.00. The maximum absolute atomic E-state index is 11.0. The van der Waals surface area contributed by atoms with Crippen LogP contribution in [0.5, 0.6) is 0 Å². The molecule has 2 unspecified atom stereocenters. The van der Waals surface area contributed by atoms with Gasteiger partial charge in [-0.1, -0.05) is 0 Å². The van der Waals surface area contributed by atoms with Gasteiger partial charge < -0.3 is 15.1 Å². The van der Waals surface area contributed by atoms with Crippen molar-refractivity contribution in [2.45, 2.75) is 25.0 Å². The number of carboxylic acids is 1. The average Bonchev–Trinajstić information content (AvgIpc) is 2.73. The highest BCUT2D eigenvalue weighted by molar-refractivity contribution is 7.10. The van der Waals surface area contributed by atoms with Crippen LogP contribution in [0.3, 0.4) is 0 Å². The Morgan fingerprint density at radius 1 is 1.69 bits per heavy atom. The van der Waals surface area contributed by atoms with Gasteiger partial charge in [-0.3, -0.25) is 0 Å². The molecular formula is C11H15NO3S. The van der Waals surface area contributed by atoms with Gasteiger partial charge in [0.1, 0.15) is 5.60 Å². The number of likely N-dealkylation sites (tertiary alicyclic amines) is 1. The molecule has 1 saturated heterocycles. The third kappa shape index (κ3) is 1.75. The molecule has 2 atom stereocenters. The Morgan fingerprint density at radius 2 is 2.38 bits per heavy atom. The zero-order chi connectivity index (χ0) is 11.9. The normalized spacial score (nSPS) is 30.8. The first-order valence-corrected chi connectivity index (χ1v) is 6.06. The number of hydrogen-bond donors (Lipinski definition) is 2. The van der Waals surface area contributed by atoms with Crippen LogP contribution < -0.4 is 0 Å². The van der Waals surface area contributed by atoms with Crippen LogP contribution in [0.25, 0.3) is 0 Å². The van der Waals surface area contributed by atoms with Gasteiger partial charge in [0, 0.05) is 12.6 Å². The Bertz CT molecular complexity index is 405. The van der Waals surface area contributed by atoms with Gasteiger partial charge in [0.25, 0.3) is 0 Å². The number of likely N-dealkylation sites (N-methyl/N-ethyl adjacent to an activating group) is 1. The van der Waals surface area contributed by atoms with Crippen LogP contribution in [0.15, 0.2) is 11.4 Å². The summed E-state index contributed by atoms with van der Waals surface area (Å²) in [7, 11) is 1.94. The highest BCUT2D eigenvalue weighted by Gasteiger charge is 2.43. The monoisotopic (exact) mass is 241 g/mol. The first-order chi connectivity index (χ1) is 7.44. The van der Waals surface area contributed by atoms with Crippen LogP contribution in [0.4, 0.5) is 0 Å². The molecular weight excluding hydrogens is 226 g/mol. The maximum atomic E-state index is 11.0. The van der Waals surface area contributed by atoms with Crippen LogP contribution in [0.1, 0.15) is 28.6 Å². The van der Waals surface area contributed by atoms with Gasteiger partial charge in [-0.15, -0.1) is 11.3 Å². The molecule has 1 aliphatic heterocycles. The summed E-state index contributed by atoms with van der Waals surface area (Å²) >= 11 is 1.32. The van der Waals surface area contributed by atoms with Crippen molar-refractivity contribution in [3.63, 3.8) is 0 Å². The standard InChI is InChI=1S/C11H15NO3S/c1-7-5-11(15,6-12(7)2)9-8(10(13)14)3-4-16-9/h3-4,7,15H,5-6H2,1-2H3,(H,13,14). The molecule has 1 fully saturated rings. The van der Waals surface area contributed by atoms with E-state index in [0.29, 0.717) is 17.8 Å². The van der Waals surface area contributed by atoms with Gasteiger partial charge >= 0.3 is 5.97 Å². The topological polar surface area (TPSA) is 60.8 Å². The van der Waals surface area contributed by atoms with Crippen LogP contribution in [-0.4, -0.2) is 40.7 Å². The molecule has 16 heavy (non-hydrogen) atoms. The van der Waals surface area contributed by atoms with Gasteiger partial charge in [0.2, 0.25) is 0 Å². The molecule has 1 aromatic heterocycles. The van der Waals surface area contributed by atoms with Crippen molar-refractivity contribution in [2.75, 3.05) is 13.6 Å². The van der Waals surface area contributed by atoms with E-state index in [1.54, 1.807) is 11.4 Å². The first-order valence-electron chi connectivity index (χ1n) is 5.18. The molecule has 0 radical (unpaired) electrons. The molecule has 0 bridgehead atoms. The summed E-state index contributed by atoms with van der Waals surface area (Å²) in [6.45, 7) is 2.53. The second-order valence-electron chi connectivity index (χ2n) is 4.47. The molecule has 0 saturated carbocycles. The zero-order valence-corrected chi connectivity index (χ0v) is 10.1. The summed E-state index contributed by atoms with van der Waals surface area (Å²) in [4.78, 5) is 13.7. The van der Waals surface area contributed by atoms with E-state index in [1.807, 2.05) is 18.9 Å². The third-order valence-corrected chi connectivity index (χ3v) is 4.32. The van der Waals surface area contributed by atoms with E-state index in [2.05, 4.69) is 0 Å². The molecule has 2 rings (SSSR count). The lowest BCUT2D eigenvalue weighted by Gasteiger charge is -2.21. The van der Waals surface area contributed by atoms with Gasteiger partial charge in [0.05, 0.1) is 10.4 Å². The fraction of sp³-hybridized carbons (Fsp3) is 0.545. The SMILES string of the molecule is CC1CC(O)(c2sccc2C(=O)O)CN1C. The number of carbonyl (C=O) groups is 1. The molecule has 0 aromatic carbocycles. The summed E-state index contributed by atoms with van der Waals surface area (Å²) in [6, 6.07) is 1.83. The predicted molar refractivity (Wildman–Crippen MR) is 61.9 cm³/mol. The summed E-state index contributed by atoms with van der Waals surface area (Å²) in [5, 5.41) is 21.3. The number of aliphatic hydroxyl groups is 1. The van der Waals surface area contributed by atoms with Crippen LogP contribution >= 0.6 is 11.3 Å². The summed E-state index contributed by atoms with van der Waals surface area (Å²) in [6.07, 6.45) is 0.588. The number of thiophene rings is 1. The lowest BCUT2D eigenvalue weighted by Crippen LogP contribution is -2.30. The smallest absolute Gasteiger partial charge is 0.336 e. The number of nitrogens with zero attached hydrogens (tertiary/aromatic N) is 1. The molecule has 5 heteroatoms. The van der Waals surface area contributed by atoms with Crippen LogP contribution in [0.2, 0.25) is 0 Å². The largest absolute Gasteiger partial charge is 0.478 e. The Kier molecular flexibility index (Phi) is 2.77. The van der Waals surface area contributed by atoms with E-state index < -0.39 is 11.6 Å². The number of hydrogen-bond acceptors (Lipinski definition) is 4. The van der Waals surface area contributed by atoms with Crippen molar-refractivity contribution in [3.8, 4) is 0 Å². The Balaban J connectivity index is 2.37. The summed E-state index contributed by atoms with van der Waals surface area (Å²) in [5.41, 5.74) is -0.772. The highest BCUT2D eigenvalue weighted by Crippen LogP contribution is 2.39. The molecule has 0 amide bonds. The highest BCUT2D eigenvalue weighted by atomic mass is 32.1. The third-order valence-electron chi connectivity index (χ3n) is 3.21. The number of carboxylic acid groups (broad SMARTS) is 1. The Labute approximate surface area is 98.1 Å². The van der Waals surface area contributed by atoms with E-state index in [1.165, 1.54) is 11.3 Å². The van der Waals surface area contributed by atoms with Crippen molar-refractivity contribution in [3.05, 3.63) is 21.9 Å². The Morgan fingerprint density at radius 3 is 2.88 bits per heavy atom. The lowest BCUT2D eigenvalue weighted by atomic mass is 9.96. The number of β-amino-alcohol motifs (C(OH)–C–C–N with tert-alkyl or cyclic N) is 1. The van der Waals surface area contributed by atoms with E-state index >= 15 is 0 Å². The van der Waals surface area contributed by atoms with Gasteiger partial charge in [0.15, 0.2) is 0 Å². The van der Waals surface area contributed by atoms with E-state index in [0.717, 1.165) is 0 Å². The Hall–Kier alpha value is -0.910. The predicted octanol–water partition coefficient (Wildman–Crippen LogP) is 1.36. The molecule has 0 spiro atoms. The fourth-order valence-electron chi connectivity index (χ4n) is 2.28. The van der Waals surface area contributed by atoms with E-state index in [4.69, 9.17) is 5.11 Å². The molecule has 2 heterocycles. The van der Waals surface area contributed by atoms with Crippen LogP contribution in [0, 0.1) is 0 Å².